The zero-order valence-corrected chi connectivity index (χ0v) is 23.4. The fourth-order valence-corrected chi connectivity index (χ4v) is 4.34. The number of rotatable bonds is 31. The van der Waals surface area contributed by atoms with Crippen molar-refractivity contribution >= 4 is 0 Å². The Morgan fingerprint density at radius 1 is 0.400 bits per heavy atom. The lowest BCUT2D eigenvalue weighted by molar-refractivity contribution is 0.00405. The normalized spacial score (nSPS) is 11.7. The maximum atomic E-state index is 9.31. The molecule has 212 valence electrons. The predicted octanol–water partition coefficient (Wildman–Crippen LogP) is 5.97. The van der Waals surface area contributed by atoms with Gasteiger partial charge in [-0.1, -0.05) is 110 Å². The number of nitrogens with zero attached hydrogens (tertiary/aromatic N) is 1. The molecule has 0 spiro atoms. The molecule has 6 heteroatoms. The molecule has 0 aliphatic heterocycles. The lowest BCUT2D eigenvalue weighted by Crippen LogP contribution is -2.31. The number of aliphatic hydroxyl groups excluding tert-OH is 2. The summed E-state index contributed by atoms with van der Waals surface area (Å²) >= 11 is 0. The molecular weight excluding hydrogens is 442 g/mol. The van der Waals surface area contributed by atoms with Gasteiger partial charge in [0, 0.05) is 13.1 Å². The average molecular weight is 504 g/mol. The van der Waals surface area contributed by atoms with Gasteiger partial charge in [-0.2, -0.15) is 0 Å². The standard InChI is InChI=1S/C29H61NO5/c1-2-3-4-5-6-7-8-9-10-11-12-13-14-15-16-17-18-19-30(20-22-31)21-24-33-26-28-35-29-27-34-25-23-32/h31-32H,2-29H2,1H3. The Balaban J connectivity index is 3.34. The molecule has 0 radical (unpaired) electrons. The number of aliphatic hydroxyl groups is 2. The van der Waals surface area contributed by atoms with Gasteiger partial charge >= 0.3 is 0 Å². The van der Waals surface area contributed by atoms with Crippen molar-refractivity contribution in [3.05, 3.63) is 0 Å². The van der Waals surface area contributed by atoms with Crippen LogP contribution in [0.4, 0.5) is 0 Å². The van der Waals surface area contributed by atoms with Crippen molar-refractivity contribution in [3.63, 3.8) is 0 Å². The molecule has 0 heterocycles. The first-order chi connectivity index (χ1) is 17.3. The van der Waals surface area contributed by atoms with Crippen LogP contribution in [0.2, 0.25) is 0 Å². The van der Waals surface area contributed by atoms with Crippen LogP contribution < -0.4 is 0 Å². The second-order valence-electron chi connectivity index (χ2n) is 9.78. The molecule has 0 rings (SSSR count). The highest BCUT2D eigenvalue weighted by Crippen LogP contribution is 2.14. The first kappa shape index (κ1) is 34.8. The second kappa shape index (κ2) is 31.8. The van der Waals surface area contributed by atoms with E-state index in [0.717, 1.165) is 19.6 Å². The van der Waals surface area contributed by atoms with Crippen LogP contribution in [0, 0.1) is 0 Å². The maximum absolute atomic E-state index is 9.31. The molecule has 0 aromatic heterocycles. The van der Waals surface area contributed by atoms with Crippen molar-refractivity contribution in [2.45, 2.75) is 116 Å². The van der Waals surface area contributed by atoms with Gasteiger partial charge in [0.05, 0.1) is 52.9 Å². The van der Waals surface area contributed by atoms with Crippen LogP contribution in [0.1, 0.15) is 116 Å². The van der Waals surface area contributed by atoms with Gasteiger partial charge in [-0.25, -0.2) is 0 Å². The van der Waals surface area contributed by atoms with Crippen molar-refractivity contribution in [1.82, 2.24) is 4.90 Å². The SMILES string of the molecule is CCCCCCCCCCCCCCCCCCCN(CCO)CCOCCOCCOCCO. The monoisotopic (exact) mass is 503 g/mol. The van der Waals surface area contributed by atoms with Crippen LogP contribution >= 0.6 is 0 Å². The summed E-state index contributed by atoms with van der Waals surface area (Å²) in [5, 5.41) is 17.9. The van der Waals surface area contributed by atoms with Crippen LogP contribution in [-0.4, -0.2) is 87.6 Å². The minimum Gasteiger partial charge on any atom is -0.395 e. The third kappa shape index (κ3) is 29.9. The number of hydrogen-bond acceptors (Lipinski definition) is 6. The zero-order valence-electron chi connectivity index (χ0n) is 23.4. The number of ether oxygens (including phenoxy) is 3. The van der Waals surface area contributed by atoms with Crippen molar-refractivity contribution < 1.29 is 24.4 Å². The van der Waals surface area contributed by atoms with E-state index in [9.17, 15) is 5.11 Å². The van der Waals surface area contributed by atoms with E-state index in [1.807, 2.05) is 0 Å². The van der Waals surface area contributed by atoms with Gasteiger partial charge in [0.1, 0.15) is 0 Å². The summed E-state index contributed by atoms with van der Waals surface area (Å²) in [5.74, 6) is 0. The molecule has 35 heavy (non-hydrogen) atoms. The molecule has 0 aromatic carbocycles. The highest BCUT2D eigenvalue weighted by molar-refractivity contribution is 4.58. The summed E-state index contributed by atoms with van der Waals surface area (Å²) < 4.78 is 16.2. The molecule has 6 nitrogen and oxygen atoms in total. The Morgan fingerprint density at radius 2 is 0.800 bits per heavy atom. The Hall–Kier alpha value is -0.240. The van der Waals surface area contributed by atoms with E-state index in [0.29, 0.717) is 39.6 Å². The first-order valence-corrected chi connectivity index (χ1v) is 15.0. The maximum Gasteiger partial charge on any atom is 0.0701 e. The smallest absolute Gasteiger partial charge is 0.0701 e. The molecule has 0 amide bonds. The number of hydrogen-bond donors (Lipinski definition) is 2. The van der Waals surface area contributed by atoms with Crippen molar-refractivity contribution in [3.8, 4) is 0 Å². The van der Waals surface area contributed by atoms with Gasteiger partial charge in [-0.15, -0.1) is 0 Å². The van der Waals surface area contributed by atoms with E-state index in [4.69, 9.17) is 19.3 Å². The highest BCUT2D eigenvalue weighted by atomic mass is 16.5. The summed E-state index contributed by atoms with van der Waals surface area (Å²) in [7, 11) is 0. The molecule has 0 unspecified atom stereocenters. The minimum atomic E-state index is 0.0485. The van der Waals surface area contributed by atoms with Gasteiger partial charge in [-0.05, 0) is 13.0 Å². The fraction of sp³-hybridized carbons (Fsp3) is 1.00. The van der Waals surface area contributed by atoms with Gasteiger partial charge in [0.15, 0.2) is 0 Å². The van der Waals surface area contributed by atoms with Crippen LogP contribution in [0.3, 0.4) is 0 Å². The third-order valence-corrected chi connectivity index (χ3v) is 6.53. The second-order valence-corrected chi connectivity index (χ2v) is 9.78. The van der Waals surface area contributed by atoms with E-state index < -0.39 is 0 Å². The van der Waals surface area contributed by atoms with Crippen LogP contribution in [0.25, 0.3) is 0 Å². The van der Waals surface area contributed by atoms with Crippen LogP contribution in [-0.2, 0) is 14.2 Å². The van der Waals surface area contributed by atoms with Crippen molar-refractivity contribution in [1.29, 1.82) is 0 Å². The predicted molar refractivity (Wildman–Crippen MR) is 147 cm³/mol. The lowest BCUT2D eigenvalue weighted by Gasteiger charge is -2.21. The molecular formula is C29H61NO5. The molecule has 0 saturated carbocycles. The third-order valence-electron chi connectivity index (χ3n) is 6.53. The van der Waals surface area contributed by atoms with E-state index in [2.05, 4.69) is 11.8 Å². The summed E-state index contributed by atoms with van der Waals surface area (Å²) in [4.78, 5) is 2.30. The van der Waals surface area contributed by atoms with E-state index in [1.54, 1.807) is 0 Å². The van der Waals surface area contributed by atoms with E-state index in [1.165, 1.54) is 109 Å². The largest absolute Gasteiger partial charge is 0.395 e. The molecule has 0 atom stereocenters. The summed E-state index contributed by atoms with van der Waals surface area (Å²) in [6.45, 7) is 8.36. The Labute approximate surface area is 218 Å². The van der Waals surface area contributed by atoms with Crippen molar-refractivity contribution in [2.75, 3.05) is 72.5 Å². The molecule has 0 saturated heterocycles. The lowest BCUT2D eigenvalue weighted by atomic mass is 10.0. The van der Waals surface area contributed by atoms with E-state index in [-0.39, 0.29) is 13.2 Å². The van der Waals surface area contributed by atoms with Gasteiger partial charge in [-0.3, -0.25) is 4.90 Å². The first-order valence-electron chi connectivity index (χ1n) is 15.0. The zero-order chi connectivity index (χ0) is 25.5. The Bertz CT molecular complexity index is 373. The van der Waals surface area contributed by atoms with Crippen molar-refractivity contribution in [2.24, 2.45) is 0 Å². The molecule has 0 fully saturated rings. The van der Waals surface area contributed by atoms with E-state index >= 15 is 0 Å². The molecule has 0 aromatic rings. The Kier molecular flexibility index (Phi) is 31.6. The quantitative estimate of drug-likeness (QED) is 0.114. The molecule has 2 N–H and O–H groups in total. The fourth-order valence-electron chi connectivity index (χ4n) is 4.34. The summed E-state index contributed by atoms with van der Waals surface area (Å²) in [6.07, 6.45) is 23.7. The Morgan fingerprint density at radius 3 is 1.23 bits per heavy atom. The summed E-state index contributed by atoms with van der Waals surface area (Å²) in [5.41, 5.74) is 0. The topological polar surface area (TPSA) is 71.4 Å². The molecule has 0 aliphatic rings. The van der Waals surface area contributed by atoms with Gasteiger partial charge < -0.3 is 24.4 Å². The number of unbranched alkanes of at least 4 members (excludes halogenated alkanes) is 16. The molecule has 0 aliphatic carbocycles. The minimum absolute atomic E-state index is 0.0485. The molecule has 0 bridgehead atoms. The van der Waals surface area contributed by atoms with Crippen LogP contribution in [0.15, 0.2) is 0 Å². The summed E-state index contributed by atoms with van der Waals surface area (Å²) in [6, 6.07) is 0. The van der Waals surface area contributed by atoms with Crippen LogP contribution in [0.5, 0.6) is 0 Å². The highest BCUT2D eigenvalue weighted by Gasteiger charge is 2.04. The van der Waals surface area contributed by atoms with Gasteiger partial charge in [0.25, 0.3) is 0 Å². The average Bonchev–Trinajstić information content (AvgIpc) is 2.87. The van der Waals surface area contributed by atoms with Gasteiger partial charge in [0.2, 0.25) is 0 Å².